The fourth-order valence-corrected chi connectivity index (χ4v) is 3.19. The van der Waals surface area contributed by atoms with Gasteiger partial charge in [-0.25, -0.2) is 0 Å². The molecule has 0 radical (unpaired) electrons. The van der Waals surface area contributed by atoms with Crippen LogP contribution >= 0.6 is 0 Å². The van der Waals surface area contributed by atoms with Crippen LogP contribution in [0.4, 0.5) is 0 Å². The number of carbonyl (C=O) groups excluding carboxylic acids is 1. The summed E-state index contributed by atoms with van der Waals surface area (Å²) in [4.78, 5) is 13.2. The van der Waals surface area contributed by atoms with E-state index in [1.807, 2.05) is 13.8 Å². The summed E-state index contributed by atoms with van der Waals surface area (Å²) in [5.74, 6) is -0.670. The predicted octanol–water partition coefficient (Wildman–Crippen LogP) is -0.501. The number of aliphatic hydroxyl groups is 1. The largest absolute Gasteiger partial charge is 0.393 e. The lowest BCUT2D eigenvalue weighted by Crippen LogP contribution is -2.58. The third kappa shape index (κ3) is 1.60. The van der Waals surface area contributed by atoms with E-state index in [9.17, 15) is 9.90 Å². The number of nitrogens with zero attached hydrogens (tertiary/aromatic N) is 1. The summed E-state index contributed by atoms with van der Waals surface area (Å²) in [6.45, 7) is 5.92. The Hall–Kier alpha value is -0.690. The van der Waals surface area contributed by atoms with Gasteiger partial charge >= 0.3 is 0 Å². The molecule has 102 valence electrons. The molecule has 0 spiro atoms. The summed E-state index contributed by atoms with van der Waals surface area (Å²) in [7, 11) is 0. The molecule has 6 heteroatoms. The molecule has 6 nitrogen and oxygen atoms in total. The first kappa shape index (κ1) is 12.3. The van der Waals surface area contributed by atoms with Gasteiger partial charge in [-0.1, -0.05) is 0 Å². The van der Waals surface area contributed by atoms with Crippen molar-refractivity contribution in [2.24, 2.45) is 0 Å². The molecule has 3 aliphatic rings. The van der Waals surface area contributed by atoms with Gasteiger partial charge in [0.15, 0.2) is 5.79 Å². The summed E-state index contributed by atoms with van der Waals surface area (Å²) in [5, 5.41) is 9.69. The van der Waals surface area contributed by atoms with E-state index in [1.165, 1.54) is 6.92 Å². The van der Waals surface area contributed by atoms with E-state index >= 15 is 0 Å². The third-order valence-corrected chi connectivity index (χ3v) is 3.97. The van der Waals surface area contributed by atoms with Gasteiger partial charge < -0.3 is 24.2 Å². The smallest absolute Gasteiger partial charge is 0.219 e. The minimum atomic E-state index is -0.840. The topological polar surface area (TPSA) is 68.2 Å². The number of fused-ring (bicyclic) bond motifs is 5. The van der Waals surface area contributed by atoms with E-state index in [0.717, 1.165) is 0 Å². The minimum absolute atomic E-state index is 0.0136. The van der Waals surface area contributed by atoms with Crippen molar-refractivity contribution in [1.82, 2.24) is 4.90 Å². The molecular formula is C12H19NO5. The maximum atomic E-state index is 11.5. The van der Waals surface area contributed by atoms with Crippen molar-refractivity contribution in [3.8, 4) is 0 Å². The van der Waals surface area contributed by atoms with E-state index in [0.29, 0.717) is 13.1 Å². The molecule has 0 aromatic heterocycles. The molecule has 3 fully saturated rings. The molecular weight excluding hydrogens is 238 g/mol. The van der Waals surface area contributed by atoms with Crippen LogP contribution in [0.1, 0.15) is 20.8 Å². The van der Waals surface area contributed by atoms with Gasteiger partial charge in [-0.15, -0.1) is 0 Å². The average Bonchev–Trinajstić information content (AvgIpc) is 2.73. The maximum Gasteiger partial charge on any atom is 0.219 e. The van der Waals surface area contributed by atoms with Crippen LogP contribution in [0.15, 0.2) is 0 Å². The van der Waals surface area contributed by atoms with Gasteiger partial charge in [0.25, 0.3) is 0 Å². The first-order valence-electron chi connectivity index (χ1n) is 6.27. The molecule has 4 atom stereocenters. The quantitative estimate of drug-likeness (QED) is 0.686. The fraction of sp³-hybridized carbons (Fsp3) is 0.917. The predicted molar refractivity (Wildman–Crippen MR) is 60.8 cm³/mol. The molecule has 0 aromatic rings. The van der Waals surface area contributed by atoms with Crippen molar-refractivity contribution >= 4 is 5.91 Å². The number of ether oxygens (including phenoxy) is 3. The molecule has 3 heterocycles. The fourth-order valence-electron chi connectivity index (χ4n) is 3.19. The molecule has 0 aromatic carbocycles. The summed E-state index contributed by atoms with van der Waals surface area (Å²) in [6, 6.07) is 0. The number of likely N-dealkylation sites (tertiary alicyclic amines) is 1. The van der Waals surface area contributed by atoms with Crippen LogP contribution in [0, 0.1) is 0 Å². The zero-order chi connectivity index (χ0) is 13.1. The number of hydrogen-bond acceptors (Lipinski definition) is 5. The second kappa shape index (κ2) is 3.66. The van der Waals surface area contributed by atoms with Crippen LogP contribution in [-0.4, -0.2) is 65.3 Å². The number of amides is 1. The molecule has 0 unspecified atom stereocenters. The Balaban J connectivity index is 1.91. The summed E-state index contributed by atoms with van der Waals surface area (Å²) >= 11 is 0. The minimum Gasteiger partial charge on any atom is -0.393 e. The van der Waals surface area contributed by atoms with Gasteiger partial charge in [-0.05, 0) is 13.8 Å². The van der Waals surface area contributed by atoms with E-state index in [-0.39, 0.29) is 30.8 Å². The van der Waals surface area contributed by atoms with Crippen molar-refractivity contribution in [3.63, 3.8) is 0 Å². The van der Waals surface area contributed by atoms with E-state index < -0.39 is 11.4 Å². The van der Waals surface area contributed by atoms with Gasteiger partial charge in [0.1, 0.15) is 23.9 Å². The lowest BCUT2D eigenvalue weighted by Gasteiger charge is -2.41. The average molecular weight is 257 g/mol. The third-order valence-electron chi connectivity index (χ3n) is 3.97. The number of aliphatic hydroxyl groups excluding tert-OH is 1. The number of rotatable bonds is 1. The van der Waals surface area contributed by atoms with Gasteiger partial charge in [0.2, 0.25) is 5.91 Å². The molecule has 3 aliphatic heterocycles. The van der Waals surface area contributed by atoms with E-state index in [1.54, 1.807) is 4.90 Å². The molecule has 18 heavy (non-hydrogen) atoms. The van der Waals surface area contributed by atoms with Gasteiger partial charge in [-0.3, -0.25) is 4.79 Å². The van der Waals surface area contributed by atoms with Crippen LogP contribution in [0.2, 0.25) is 0 Å². The summed E-state index contributed by atoms with van der Waals surface area (Å²) < 4.78 is 17.6. The van der Waals surface area contributed by atoms with Crippen LogP contribution < -0.4 is 0 Å². The highest BCUT2D eigenvalue weighted by molar-refractivity contribution is 5.73. The Morgan fingerprint density at radius 2 is 2.11 bits per heavy atom. The molecule has 2 bridgehead atoms. The van der Waals surface area contributed by atoms with E-state index in [4.69, 9.17) is 14.2 Å². The molecule has 0 saturated carbocycles. The lowest BCUT2D eigenvalue weighted by atomic mass is 9.96. The molecule has 1 amide bonds. The number of hydrogen-bond donors (Lipinski definition) is 1. The molecule has 1 N–H and O–H groups in total. The van der Waals surface area contributed by atoms with Crippen molar-refractivity contribution in [2.45, 2.75) is 50.5 Å². The van der Waals surface area contributed by atoms with Gasteiger partial charge in [-0.2, -0.15) is 0 Å². The Bertz CT molecular complexity index is 385. The highest BCUT2D eigenvalue weighted by Gasteiger charge is 2.65. The summed E-state index contributed by atoms with van der Waals surface area (Å²) in [5.41, 5.74) is -0.840. The van der Waals surface area contributed by atoms with E-state index in [2.05, 4.69) is 0 Å². The zero-order valence-electron chi connectivity index (χ0n) is 10.9. The van der Waals surface area contributed by atoms with Crippen LogP contribution in [-0.2, 0) is 19.0 Å². The van der Waals surface area contributed by atoms with Gasteiger partial charge in [0.05, 0.1) is 13.2 Å². The normalized spacial score (nSPS) is 45.1. The Labute approximate surface area is 106 Å². The molecule has 3 rings (SSSR count). The Morgan fingerprint density at radius 3 is 2.72 bits per heavy atom. The first-order valence-corrected chi connectivity index (χ1v) is 6.27. The SMILES string of the molecule is CC(=O)N1C[C@H]2O[C@@](CO)(C1)[C@@H]1OC(C)(C)O[C@@H]12. The highest BCUT2D eigenvalue weighted by Crippen LogP contribution is 2.46. The monoisotopic (exact) mass is 257 g/mol. The second-order valence-corrected chi connectivity index (χ2v) is 5.80. The van der Waals surface area contributed by atoms with Crippen LogP contribution in [0.3, 0.4) is 0 Å². The number of morpholine rings is 1. The van der Waals surface area contributed by atoms with Crippen LogP contribution in [0.5, 0.6) is 0 Å². The standard InChI is InChI=1S/C12H19NO5/c1-7(15)13-4-8-9-10(18-11(2,3)17-9)12(5-13,6-14)16-8/h8-10,14H,4-6H2,1-3H3/t8-,9-,10-,12-/m1/s1. The Kier molecular flexibility index (Phi) is 2.51. The van der Waals surface area contributed by atoms with Crippen molar-refractivity contribution in [1.29, 1.82) is 0 Å². The second-order valence-electron chi connectivity index (χ2n) is 5.80. The number of carbonyl (C=O) groups is 1. The van der Waals surface area contributed by atoms with Crippen molar-refractivity contribution in [3.05, 3.63) is 0 Å². The zero-order valence-corrected chi connectivity index (χ0v) is 10.9. The van der Waals surface area contributed by atoms with Crippen molar-refractivity contribution < 1.29 is 24.1 Å². The molecule has 0 aliphatic carbocycles. The highest BCUT2D eigenvalue weighted by atomic mass is 16.8. The Morgan fingerprint density at radius 1 is 1.39 bits per heavy atom. The molecule has 3 saturated heterocycles. The van der Waals surface area contributed by atoms with Crippen molar-refractivity contribution in [2.75, 3.05) is 19.7 Å². The lowest BCUT2D eigenvalue weighted by molar-refractivity contribution is -0.234. The van der Waals surface area contributed by atoms with Crippen LogP contribution in [0.25, 0.3) is 0 Å². The first-order chi connectivity index (χ1) is 8.37. The van der Waals surface area contributed by atoms with Gasteiger partial charge in [0, 0.05) is 13.5 Å². The summed E-state index contributed by atoms with van der Waals surface area (Å²) in [6.07, 6.45) is -0.745. The maximum absolute atomic E-state index is 11.5.